The van der Waals surface area contributed by atoms with E-state index in [1.807, 2.05) is 26.0 Å². The lowest BCUT2D eigenvalue weighted by Gasteiger charge is -2.14. The maximum Gasteiger partial charge on any atom is 0.159 e. The van der Waals surface area contributed by atoms with E-state index >= 15 is 0 Å². The van der Waals surface area contributed by atoms with Crippen molar-refractivity contribution in [1.82, 2.24) is 9.97 Å². The standard InChI is InChI=1S/C18H18ClN5/c1-11-3-4-12(2)15(9-11)24-18-16(20)17(21-10-22-18)23-14-7-5-13(19)6-8-14/h3-10H,20H2,1-2H3,(H2,21,22,23,24). The van der Waals surface area contributed by atoms with Crippen LogP contribution in [0.3, 0.4) is 0 Å². The van der Waals surface area contributed by atoms with E-state index in [1.165, 1.54) is 6.33 Å². The van der Waals surface area contributed by atoms with E-state index in [0.717, 1.165) is 22.5 Å². The van der Waals surface area contributed by atoms with Crippen LogP contribution in [0.15, 0.2) is 48.8 Å². The minimum Gasteiger partial charge on any atom is -0.393 e. The number of rotatable bonds is 4. The lowest BCUT2D eigenvalue weighted by molar-refractivity contribution is 1.17. The Morgan fingerprint density at radius 1 is 0.917 bits per heavy atom. The van der Waals surface area contributed by atoms with Gasteiger partial charge in [0.1, 0.15) is 12.0 Å². The molecule has 0 spiro atoms. The molecule has 1 heterocycles. The fourth-order valence-corrected chi connectivity index (χ4v) is 2.39. The number of halogens is 1. The average molecular weight is 340 g/mol. The van der Waals surface area contributed by atoms with Crippen LogP contribution in [0.4, 0.5) is 28.7 Å². The number of hydrogen-bond acceptors (Lipinski definition) is 5. The maximum absolute atomic E-state index is 6.22. The lowest BCUT2D eigenvalue weighted by Crippen LogP contribution is -2.05. The Bertz CT molecular complexity index is 862. The molecule has 3 rings (SSSR count). The molecule has 0 aliphatic heterocycles. The van der Waals surface area contributed by atoms with Crippen LogP contribution < -0.4 is 16.4 Å². The monoisotopic (exact) mass is 339 g/mol. The van der Waals surface area contributed by atoms with Gasteiger partial charge in [-0.3, -0.25) is 0 Å². The predicted octanol–water partition coefficient (Wildman–Crippen LogP) is 4.82. The van der Waals surface area contributed by atoms with Gasteiger partial charge < -0.3 is 16.4 Å². The summed E-state index contributed by atoms with van der Waals surface area (Å²) >= 11 is 5.90. The molecule has 24 heavy (non-hydrogen) atoms. The van der Waals surface area contributed by atoms with Crippen LogP contribution in [0.1, 0.15) is 11.1 Å². The fraction of sp³-hybridized carbons (Fsp3) is 0.111. The normalized spacial score (nSPS) is 10.5. The molecular formula is C18H18ClN5. The van der Waals surface area contributed by atoms with Gasteiger partial charge in [0.05, 0.1) is 0 Å². The van der Waals surface area contributed by atoms with E-state index in [4.69, 9.17) is 17.3 Å². The fourth-order valence-electron chi connectivity index (χ4n) is 2.26. The Kier molecular flexibility index (Phi) is 4.53. The first-order chi connectivity index (χ1) is 11.5. The van der Waals surface area contributed by atoms with E-state index < -0.39 is 0 Å². The van der Waals surface area contributed by atoms with Gasteiger partial charge in [0.15, 0.2) is 11.6 Å². The van der Waals surface area contributed by atoms with E-state index in [1.54, 1.807) is 12.1 Å². The summed E-state index contributed by atoms with van der Waals surface area (Å²) in [4.78, 5) is 8.47. The first-order valence-corrected chi connectivity index (χ1v) is 7.88. The van der Waals surface area contributed by atoms with Crippen LogP contribution in [0, 0.1) is 13.8 Å². The summed E-state index contributed by atoms with van der Waals surface area (Å²) in [5.74, 6) is 1.11. The Morgan fingerprint density at radius 2 is 1.58 bits per heavy atom. The number of aromatic nitrogens is 2. The first-order valence-electron chi connectivity index (χ1n) is 7.50. The summed E-state index contributed by atoms with van der Waals surface area (Å²) in [5.41, 5.74) is 10.8. The van der Waals surface area contributed by atoms with Crippen molar-refractivity contribution in [2.45, 2.75) is 13.8 Å². The van der Waals surface area contributed by atoms with Crippen LogP contribution in [0.5, 0.6) is 0 Å². The molecule has 3 aromatic rings. The molecule has 0 fully saturated rings. The topological polar surface area (TPSA) is 75.9 Å². The summed E-state index contributed by atoms with van der Waals surface area (Å²) in [6.07, 6.45) is 1.47. The van der Waals surface area contributed by atoms with Crippen molar-refractivity contribution in [3.05, 3.63) is 64.9 Å². The number of nitrogens with one attached hydrogen (secondary N) is 2. The van der Waals surface area contributed by atoms with Crippen LogP contribution >= 0.6 is 11.6 Å². The lowest BCUT2D eigenvalue weighted by atomic mass is 10.1. The van der Waals surface area contributed by atoms with Gasteiger partial charge in [0.2, 0.25) is 0 Å². The number of benzene rings is 2. The minimum atomic E-state index is 0.452. The quantitative estimate of drug-likeness (QED) is 0.635. The van der Waals surface area contributed by atoms with E-state index in [0.29, 0.717) is 22.3 Å². The molecule has 0 saturated heterocycles. The highest BCUT2D eigenvalue weighted by molar-refractivity contribution is 6.30. The van der Waals surface area contributed by atoms with Gasteiger partial charge in [0.25, 0.3) is 0 Å². The zero-order chi connectivity index (χ0) is 17.1. The van der Waals surface area contributed by atoms with Crippen molar-refractivity contribution in [2.24, 2.45) is 0 Å². The summed E-state index contributed by atoms with van der Waals surface area (Å²) < 4.78 is 0. The van der Waals surface area contributed by atoms with Crippen LogP contribution in [0.2, 0.25) is 5.02 Å². The molecule has 0 atom stereocenters. The van der Waals surface area contributed by atoms with Crippen LogP contribution in [-0.2, 0) is 0 Å². The minimum absolute atomic E-state index is 0.452. The number of anilines is 5. The van der Waals surface area contributed by atoms with Crippen molar-refractivity contribution >= 4 is 40.3 Å². The number of hydrogen-bond donors (Lipinski definition) is 3. The maximum atomic E-state index is 6.22. The molecule has 0 bridgehead atoms. The van der Waals surface area contributed by atoms with Gasteiger partial charge in [-0.15, -0.1) is 0 Å². The second-order valence-electron chi connectivity index (χ2n) is 5.56. The van der Waals surface area contributed by atoms with Crippen molar-refractivity contribution in [3.8, 4) is 0 Å². The molecule has 0 aliphatic rings. The van der Waals surface area contributed by atoms with Gasteiger partial charge in [-0.1, -0.05) is 23.7 Å². The summed E-state index contributed by atoms with van der Waals surface area (Å²) in [5, 5.41) is 7.13. The van der Waals surface area contributed by atoms with Gasteiger partial charge >= 0.3 is 0 Å². The molecule has 0 saturated carbocycles. The molecule has 0 radical (unpaired) electrons. The third kappa shape index (κ3) is 3.58. The SMILES string of the molecule is Cc1ccc(C)c(Nc2ncnc(Nc3ccc(Cl)cc3)c2N)c1. The molecule has 6 heteroatoms. The number of aryl methyl sites for hydroxylation is 2. The molecular weight excluding hydrogens is 322 g/mol. The van der Waals surface area contributed by atoms with Gasteiger partial charge in [0, 0.05) is 16.4 Å². The van der Waals surface area contributed by atoms with Gasteiger partial charge in [-0.05, 0) is 55.3 Å². The average Bonchev–Trinajstić information content (AvgIpc) is 2.56. The van der Waals surface area contributed by atoms with Gasteiger partial charge in [-0.25, -0.2) is 9.97 Å². The molecule has 0 amide bonds. The molecule has 5 nitrogen and oxygen atoms in total. The highest BCUT2D eigenvalue weighted by atomic mass is 35.5. The third-order valence-corrected chi connectivity index (χ3v) is 3.89. The first kappa shape index (κ1) is 16.1. The number of nitrogens with zero attached hydrogens (tertiary/aromatic N) is 2. The Hall–Kier alpha value is -2.79. The second-order valence-corrected chi connectivity index (χ2v) is 6.00. The Morgan fingerprint density at radius 3 is 2.29 bits per heavy atom. The Balaban J connectivity index is 1.88. The molecule has 122 valence electrons. The molecule has 2 aromatic carbocycles. The van der Waals surface area contributed by atoms with E-state index in [2.05, 4.69) is 38.8 Å². The van der Waals surface area contributed by atoms with Gasteiger partial charge in [-0.2, -0.15) is 0 Å². The molecule has 4 N–H and O–H groups in total. The van der Waals surface area contributed by atoms with Crippen molar-refractivity contribution < 1.29 is 0 Å². The van der Waals surface area contributed by atoms with Crippen LogP contribution in [0.25, 0.3) is 0 Å². The zero-order valence-electron chi connectivity index (χ0n) is 13.5. The van der Waals surface area contributed by atoms with Crippen molar-refractivity contribution in [1.29, 1.82) is 0 Å². The third-order valence-electron chi connectivity index (χ3n) is 3.64. The number of nitrogens with two attached hydrogens (primary N) is 1. The molecule has 1 aromatic heterocycles. The molecule has 0 aliphatic carbocycles. The second kappa shape index (κ2) is 6.76. The van der Waals surface area contributed by atoms with Crippen molar-refractivity contribution in [2.75, 3.05) is 16.4 Å². The van der Waals surface area contributed by atoms with Crippen LogP contribution in [-0.4, -0.2) is 9.97 Å². The largest absolute Gasteiger partial charge is 0.393 e. The smallest absolute Gasteiger partial charge is 0.159 e. The summed E-state index contributed by atoms with van der Waals surface area (Å²) in [6, 6.07) is 13.5. The molecule has 0 unspecified atom stereocenters. The highest BCUT2D eigenvalue weighted by Crippen LogP contribution is 2.29. The summed E-state index contributed by atoms with van der Waals surface area (Å²) in [6.45, 7) is 4.08. The van der Waals surface area contributed by atoms with Crippen molar-refractivity contribution in [3.63, 3.8) is 0 Å². The predicted molar refractivity (Wildman–Crippen MR) is 100 cm³/mol. The number of nitrogen functional groups attached to an aromatic ring is 1. The highest BCUT2D eigenvalue weighted by Gasteiger charge is 2.10. The Labute approximate surface area is 145 Å². The van der Waals surface area contributed by atoms with E-state index in [-0.39, 0.29) is 0 Å². The van der Waals surface area contributed by atoms with E-state index in [9.17, 15) is 0 Å². The zero-order valence-corrected chi connectivity index (χ0v) is 14.2. The summed E-state index contributed by atoms with van der Waals surface area (Å²) in [7, 11) is 0.